The zero-order valence-corrected chi connectivity index (χ0v) is 16.5. The Hall–Kier alpha value is -3.35. The van der Waals surface area contributed by atoms with Gasteiger partial charge in [-0.3, -0.25) is 14.2 Å². The first-order valence-electron chi connectivity index (χ1n) is 9.60. The van der Waals surface area contributed by atoms with E-state index in [1.54, 1.807) is 24.3 Å². The zero-order chi connectivity index (χ0) is 20.8. The van der Waals surface area contributed by atoms with Crippen molar-refractivity contribution >= 4 is 23.0 Å². The summed E-state index contributed by atoms with van der Waals surface area (Å²) in [5, 5.41) is 2.81. The third-order valence-electron chi connectivity index (χ3n) is 4.74. The number of para-hydroxylation sites is 2. The molecule has 0 radical (unpaired) electrons. The second-order valence-corrected chi connectivity index (χ2v) is 6.78. The van der Waals surface area contributed by atoms with E-state index in [0.717, 1.165) is 12.0 Å². The van der Waals surface area contributed by atoms with E-state index in [-0.39, 0.29) is 31.5 Å². The number of oxazole rings is 1. The standard InChI is InChI=1S/C22H24N2O5/c1-3-16-8-10-17(11-9-16)15(2)23-20(25)14-28-21(26)12-13-24-18-6-4-5-7-19(18)29-22(24)27/h4-11,15H,3,12-14H2,1-2H3,(H,23,25)/t15-/m1/s1. The number of rotatable bonds is 8. The van der Waals surface area contributed by atoms with Gasteiger partial charge in [-0.1, -0.05) is 43.3 Å². The fourth-order valence-electron chi connectivity index (χ4n) is 3.06. The number of esters is 1. The summed E-state index contributed by atoms with van der Waals surface area (Å²) in [7, 11) is 0. The molecular weight excluding hydrogens is 372 g/mol. The fourth-order valence-corrected chi connectivity index (χ4v) is 3.06. The van der Waals surface area contributed by atoms with Crippen LogP contribution >= 0.6 is 0 Å². The molecule has 1 amide bonds. The third kappa shape index (κ3) is 5.13. The molecule has 0 saturated carbocycles. The Morgan fingerprint density at radius 3 is 2.59 bits per heavy atom. The maximum Gasteiger partial charge on any atom is 0.419 e. The van der Waals surface area contributed by atoms with Gasteiger partial charge in [0.25, 0.3) is 5.91 Å². The molecular formula is C22H24N2O5. The predicted molar refractivity (Wildman–Crippen MR) is 108 cm³/mol. The highest BCUT2D eigenvalue weighted by molar-refractivity contribution is 5.81. The lowest BCUT2D eigenvalue weighted by Crippen LogP contribution is -2.31. The highest BCUT2D eigenvalue weighted by Gasteiger charge is 2.14. The molecule has 0 fully saturated rings. The number of aryl methyl sites for hydroxylation is 2. The van der Waals surface area contributed by atoms with Crippen molar-refractivity contribution in [3.63, 3.8) is 0 Å². The van der Waals surface area contributed by atoms with Crippen LogP contribution in [0.25, 0.3) is 11.1 Å². The largest absolute Gasteiger partial charge is 0.456 e. The van der Waals surface area contributed by atoms with E-state index in [9.17, 15) is 14.4 Å². The molecule has 7 heteroatoms. The molecule has 0 aliphatic heterocycles. The number of fused-ring (bicyclic) bond motifs is 1. The molecule has 1 aromatic heterocycles. The number of nitrogens with zero attached hydrogens (tertiary/aromatic N) is 1. The average Bonchev–Trinajstić information content (AvgIpc) is 3.05. The molecule has 2 aromatic carbocycles. The van der Waals surface area contributed by atoms with Crippen LogP contribution in [0.5, 0.6) is 0 Å². The Morgan fingerprint density at radius 2 is 1.86 bits per heavy atom. The molecule has 1 atom stereocenters. The van der Waals surface area contributed by atoms with Gasteiger partial charge in [0.15, 0.2) is 12.2 Å². The van der Waals surface area contributed by atoms with Gasteiger partial charge in [0, 0.05) is 6.54 Å². The minimum Gasteiger partial charge on any atom is -0.456 e. The minimum absolute atomic E-state index is 0.0370. The predicted octanol–water partition coefficient (Wildman–Crippen LogP) is 2.97. The lowest BCUT2D eigenvalue weighted by atomic mass is 10.1. The normalized spacial score (nSPS) is 11.9. The summed E-state index contributed by atoms with van der Waals surface area (Å²) in [5.41, 5.74) is 3.29. The number of amides is 1. The van der Waals surface area contributed by atoms with Crippen LogP contribution in [0, 0.1) is 0 Å². The second kappa shape index (κ2) is 9.23. The maximum absolute atomic E-state index is 12.1. The van der Waals surface area contributed by atoms with E-state index in [4.69, 9.17) is 9.15 Å². The molecule has 0 aliphatic rings. The van der Waals surface area contributed by atoms with E-state index in [0.29, 0.717) is 11.1 Å². The number of hydrogen-bond donors (Lipinski definition) is 1. The van der Waals surface area contributed by atoms with Crippen molar-refractivity contribution in [2.24, 2.45) is 0 Å². The molecule has 0 unspecified atom stereocenters. The Balaban J connectivity index is 1.46. The highest BCUT2D eigenvalue weighted by Crippen LogP contribution is 2.14. The molecule has 3 aromatic rings. The van der Waals surface area contributed by atoms with Crippen molar-refractivity contribution < 1.29 is 18.7 Å². The number of nitrogens with one attached hydrogen (secondary N) is 1. The highest BCUT2D eigenvalue weighted by atomic mass is 16.5. The van der Waals surface area contributed by atoms with Crippen LogP contribution in [0.4, 0.5) is 0 Å². The minimum atomic E-state index is -0.558. The lowest BCUT2D eigenvalue weighted by molar-refractivity contribution is -0.148. The molecule has 29 heavy (non-hydrogen) atoms. The topological polar surface area (TPSA) is 90.5 Å². The van der Waals surface area contributed by atoms with E-state index in [1.165, 1.54) is 10.1 Å². The summed E-state index contributed by atoms with van der Waals surface area (Å²) in [6.45, 7) is 3.71. The first-order chi connectivity index (χ1) is 14.0. The van der Waals surface area contributed by atoms with Crippen LogP contribution in [0.2, 0.25) is 0 Å². The van der Waals surface area contributed by atoms with Crippen molar-refractivity contribution in [1.29, 1.82) is 0 Å². The number of benzene rings is 2. The first-order valence-corrected chi connectivity index (χ1v) is 9.60. The van der Waals surface area contributed by atoms with Crippen LogP contribution in [0.1, 0.15) is 37.4 Å². The van der Waals surface area contributed by atoms with Gasteiger partial charge in [0.2, 0.25) is 0 Å². The number of carbonyl (C=O) groups excluding carboxylic acids is 2. The average molecular weight is 396 g/mol. The maximum atomic E-state index is 12.1. The molecule has 1 N–H and O–H groups in total. The smallest absolute Gasteiger partial charge is 0.419 e. The van der Waals surface area contributed by atoms with Gasteiger partial charge in [0.1, 0.15) is 0 Å². The van der Waals surface area contributed by atoms with Gasteiger partial charge < -0.3 is 14.5 Å². The quantitative estimate of drug-likeness (QED) is 0.591. The van der Waals surface area contributed by atoms with Crippen LogP contribution in [-0.2, 0) is 27.3 Å². The van der Waals surface area contributed by atoms with E-state index in [1.807, 2.05) is 31.2 Å². The van der Waals surface area contributed by atoms with Crippen molar-refractivity contribution in [3.05, 3.63) is 70.2 Å². The molecule has 0 aliphatic carbocycles. The number of ether oxygens (including phenoxy) is 1. The van der Waals surface area contributed by atoms with Crippen molar-refractivity contribution in [1.82, 2.24) is 9.88 Å². The lowest BCUT2D eigenvalue weighted by Gasteiger charge is -2.15. The van der Waals surface area contributed by atoms with E-state index >= 15 is 0 Å². The number of carbonyl (C=O) groups is 2. The van der Waals surface area contributed by atoms with E-state index < -0.39 is 11.7 Å². The van der Waals surface area contributed by atoms with Gasteiger partial charge in [0.05, 0.1) is 18.0 Å². The summed E-state index contributed by atoms with van der Waals surface area (Å²) in [5.74, 6) is -1.46. The second-order valence-electron chi connectivity index (χ2n) is 6.78. The van der Waals surface area contributed by atoms with Crippen LogP contribution in [0.15, 0.2) is 57.7 Å². The van der Waals surface area contributed by atoms with Crippen molar-refractivity contribution in [2.45, 2.75) is 39.3 Å². The SMILES string of the molecule is CCc1ccc([C@@H](C)NC(=O)COC(=O)CCn2c(=O)oc3ccccc32)cc1. The van der Waals surface area contributed by atoms with Crippen molar-refractivity contribution in [2.75, 3.05) is 6.61 Å². The molecule has 0 spiro atoms. The third-order valence-corrected chi connectivity index (χ3v) is 4.74. The van der Waals surface area contributed by atoms with Crippen LogP contribution in [0.3, 0.4) is 0 Å². The summed E-state index contributed by atoms with van der Waals surface area (Å²) in [6, 6.07) is 14.8. The number of hydrogen-bond acceptors (Lipinski definition) is 5. The van der Waals surface area contributed by atoms with Gasteiger partial charge in [-0.2, -0.15) is 0 Å². The van der Waals surface area contributed by atoms with Gasteiger partial charge >= 0.3 is 11.7 Å². The zero-order valence-electron chi connectivity index (χ0n) is 16.5. The molecule has 7 nitrogen and oxygen atoms in total. The Bertz CT molecular complexity index is 1050. The summed E-state index contributed by atoms with van der Waals surface area (Å²) < 4.78 is 11.5. The molecule has 152 valence electrons. The summed E-state index contributed by atoms with van der Waals surface area (Å²) in [6.07, 6.45) is 0.919. The molecule has 0 saturated heterocycles. The summed E-state index contributed by atoms with van der Waals surface area (Å²) in [4.78, 5) is 35.9. The number of aromatic nitrogens is 1. The van der Waals surface area contributed by atoms with Crippen LogP contribution < -0.4 is 11.1 Å². The van der Waals surface area contributed by atoms with Gasteiger partial charge in [-0.15, -0.1) is 0 Å². The Labute approximate surface area is 168 Å². The van der Waals surface area contributed by atoms with Crippen molar-refractivity contribution in [3.8, 4) is 0 Å². The monoisotopic (exact) mass is 396 g/mol. The van der Waals surface area contributed by atoms with Gasteiger partial charge in [-0.05, 0) is 36.6 Å². The molecule has 3 rings (SSSR count). The van der Waals surface area contributed by atoms with Gasteiger partial charge in [-0.25, -0.2) is 4.79 Å². The first kappa shape index (κ1) is 20.4. The summed E-state index contributed by atoms with van der Waals surface area (Å²) >= 11 is 0. The molecule has 0 bridgehead atoms. The van der Waals surface area contributed by atoms with Crippen LogP contribution in [-0.4, -0.2) is 23.1 Å². The fraction of sp³-hybridized carbons (Fsp3) is 0.318. The molecule has 1 heterocycles. The van der Waals surface area contributed by atoms with E-state index in [2.05, 4.69) is 12.2 Å². The Kier molecular flexibility index (Phi) is 6.49. The Morgan fingerprint density at radius 1 is 1.14 bits per heavy atom.